The molecule has 2 atom stereocenters. The van der Waals surface area contributed by atoms with Crippen LogP contribution in [0.3, 0.4) is 0 Å². The molecule has 0 aromatic carbocycles. The molecule has 2 rings (SSSR count). The quantitative estimate of drug-likeness (QED) is 0.849. The van der Waals surface area contributed by atoms with Crippen molar-refractivity contribution in [3.05, 3.63) is 0 Å². The van der Waals surface area contributed by atoms with E-state index < -0.39 is 0 Å². The van der Waals surface area contributed by atoms with Crippen molar-refractivity contribution >= 4 is 11.8 Å². The van der Waals surface area contributed by atoms with E-state index in [9.17, 15) is 0 Å². The first-order valence-electron chi connectivity index (χ1n) is 7.27. The van der Waals surface area contributed by atoms with Crippen molar-refractivity contribution in [2.45, 2.75) is 44.2 Å². The third-order valence-electron chi connectivity index (χ3n) is 4.50. The summed E-state index contributed by atoms with van der Waals surface area (Å²) in [7, 11) is 2.26. The predicted octanol–water partition coefficient (Wildman–Crippen LogP) is 1.96. The number of hydrogen-bond donors (Lipinski definition) is 1. The Kier molecular flexibility index (Phi) is 5.36. The fourth-order valence-electron chi connectivity index (χ4n) is 3.19. The molecule has 0 bridgehead atoms. The van der Waals surface area contributed by atoms with Crippen molar-refractivity contribution in [2.24, 2.45) is 11.7 Å². The predicted molar refractivity (Wildman–Crippen MR) is 79.1 cm³/mol. The Bertz CT molecular complexity index is 251. The number of thioether (sulfide) groups is 1. The molecule has 3 nitrogen and oxygen atoms in total. The van der Waals surface area contributed by atoms with Crippen LogP contribution >= 0.6 is 11.8 Å². The highest BCUT2D eigenvalue weighted by Crippen LogP contribution is 2.38. The van der Waals surface area contributed by atoms with Crippen LogP contribution in [0.1, 0.15) is 32.6 Å². The van der Waals surface area contributed by atoms with Gasteiger partial charge >= 0.3 is 0 Å². The highest BCUT2D eigenvalue weighted by molar-refractivity contribution is 7.99. The first-order valence-corrected chi connectivity index (χ1v) is 8.43. The van der Waals surface area contributed by atoms with Crippen LogP contribution in [-0.2, 0) is 4.74 Å². The molecular weight excluding hydrogens is 244 g/mol. The maximum Gasteiger partial charge on any atom is 0.0713 e. The van der Waals surface area contributed by atoms with E-state index in [1.807, 2.05) is 0 Å². The molecule has 4 heteroatoms. The minimum atomic E-state index is 0.203. The molecular formula is C14H28N2OS. The van der Waals surface area contributed by atoms with Crippen molar-refractivity contribution in [3.63, 3.8) is 0 Å². The van der Waals surface area contributed by atoms with Gasteiger partial charge in [-0.05, 0) is 56.7 Å². The molecule has 2 N–H and O–H groups in total. The summed E-state index contributed by atoms with van der Waals surface area (Å²) in [5, 5.41) is 0. The lowest BCUT2D eigenvalue weighted by atomic mass is 9.85. The third kappa shape index (κ3) is 3.62. The maximum atomic E-state index is 6.15. The van der Waals surface area contributed by atoms with Crippen LogP contribution in [0.4, 0.5) is 0 Å². The van der Waals surface area contributed by atoms with Gasteiger partial charge in [-0.3, -0.25) is 0 Å². The fraction of sp³-hybridized carbons (Fsp3) is 1.00. The van der Waals surface area contributed by atoms with Gasteiger partial charge in [0.25, 0.3) is 0 Å². The zero-order chi connectivity index (χ0) is 13.0. The summed E-state index contributed by atoms with van der Waals surface area (Å²) in [6.45, 7) is 5.08. The Labute approximate surface area is 116 Å². The molecule has 0 aromatic heterocycles. The number of nitrogens with two attached hydrogens (primary N) is 1. The SMILES string of the molecule is CC(CN)CN(C)C1CCOC2(CCSCC2)C1. The van der Waals surface area contributed by atoms with E-state index in [0.717, 1.165) is 19.7 Å². The van der Waals surface area contributed by atoms with Crippen molar-refractivity contribution in [1.29, 1.82) is 0 Å². The molecule has 0 aliphatic carbocycles. The zero-order valence-corrected chi connectivity index (χ0v) is 12.7. The van der Waals surface area contributed by atoms with E-state index in [1.54, 1.807) is 0 Å². The second-order valence-electron chi connectivity index (χ2n) is 6.07. The number of nitrogens with zero attached hydrogens (tertiary/aromatic N) is 1. The van der Waals surface area contributed by atoms with Crippen LogP contribution in [0.25, 0.3) is 0 Å². The van der Waals surface area contributed by atoms with Gasteiger partial charge in [0, 0.05) is 19.2 Å². The largest absolute Gasteiger partial charge is 0.375 e. The Morgan fingerprint density at radius 1 is 1.44 bits per heavy atom. The van der Waals surface area contributed by atoms with Crippen molar-refractivity contribution in [2.75, 3.05) is 38.2 Å². The first-order chi connectivity index (χ1) is 8.65. The molecule has 2 aliphatic heterocycles. The molecule has 1 spiro atoms. The smallest absolute Gasteiger partial charge is 0.0713 e. The molecule has 0 aromatic rings. The van der Waals surface area contributed by atoms with Crippen LogP contribution in [0.2, 0.25) is 0 Å². The van der Waals surface area contributed by atoms with Gasteiger partial charge in [0.1, 0.15) is 0 Å². The summed E-state index contributed by atoms with van der Waals surface area (Å²) < 4.78 is 6.15. The van der Waals surface area contributed by atoms with Crippen LogP contribution in [0, 0.1) is 5.92 Å². The van der Waals surface area contributed by atoms with E-state index in [2.05, 4.69) is 30.6 Å². The van der Waals surface area contributed by atoms with E-state index in [-0.39, 0.29) is 5.60 Å². The summed E-state index contributed by atoms with van der Waals surface area (Å²) >= 11 is 2.08. The Morgan fingerprint density at radius 2 is 2.17 bits per heavy atom. The standard InChI is InChI=1S/C14H28N2OS/c1-12(10-15)11-16(2)13-3-6-17-14(9-13)4-7-18-8-5-14/h12-13H,3-11,15H2,1-2H3. The lowest BCUT2D eigenvalue weighted by Crippen LogP contribution is -2.50. The molecule has 0 amide bonds. The van der Waals surface area contributed by atoms with Crippen LogP contribution in [-0.4, -0.2) is 54.8 Å². The van der Waals surface area contributed by atoms with Gasteiger partial charge in [0.15, 0.2) is 0 Å². The molecule has 2 heterocycles. The van der Waals surface area contributed by atoms with E-state index in [4.69, 9.17) is 10.5 Å². The van der Waals surface area contributed by atoms with Gasteiger partial charge < -0.3 is 15.4 Å². The Balaban J connectivity index is 1.89. The number of hydrogen-bond acceptors (Lipinski definition) is 4. The molecule has 2 fully saturated rings. The lowest BCUT2D eigenvalue weighted by Gasteiger charge is -2.46. The van der Waals surface area contributed by atoms with E-state index >= 15 is 0 Å². The normalized spacial score (nSPS) is 29.7. The highest BCUT2D eigenvalue weighted by atomic mass is 32.2. The second kappa shape index (κ2) is 6.60. The minimum Gasteiger partial charge on any atom is -0.375 e. The first kappa shape index (κ1) is 14.6. The molecule has 0 saturated carbocycles. The summed E-state index contributed by atoms with van der Waals surface area (Å²) in [5.74, 6) is 3.14. The molecule has 18 heavy (non-hydrogen) atoms. The topological polar surface area (TPSA) is 38.5 Å². The Morgan fingerprint density at radius 3 is 2.83 bits per heavy atom. The van der Waals surface area contributed by atoms with Crippen LogP contribution < -0.4 is 5.73 Å². The van der Waals surface area contributed by atoms with E-state index in [0.29, 0.717) is 12.0 Å². The lowest BCUT2D eigenvalue weighted by molar-refractivity contribution is -0.108. The zero-order valence-electron chi connectivity index (χ0n) is 11.9. The Hall–Kier alpha value is 0.230. The fourth-order valence-corrected chi connectivity index (χ4v) is 4.42. The van der Waals surface area contributed by atoms with Gasteiger partial charge in [0.05, 0.1) is 5.60 Å². The summed E-state index contributed by atoms with van der Waals surface area (Å²) in [6, 6.07) is 0.691. The highest BCUT2D eigenvalue weighted by Gasteiger charge is 2.39. The summed E-state index contributed by atoms with van der Waals surface area (Å²) in [5.41, 5.74) is 5.93. The van der Waals surface area contributed by atoms with Gasteiger partial charge in [-0.1, -0.05) is 6.92 Å². The third-order valence-corrected chi connectivity index (χ3v) is 5.48. The van der Waals surface area contributed by atoms with Crippen molar-refractivity contribution in [1.82, 2.24) is 4.90 Å². The molecule has 0 radical (unpaired) electrons. The monoisotopic (exact) mass is 272 g/mol. The van der Waals surface area contributed by atoms with Crippen LogP contribution in [0.15, 0.2) is 0 Å². The summed E-state index contributed by atoms with van der Waals surface area (Å²) in [4.78, 5) is 2.52. The average molecular weight is 272 g/mol. The minimum absolute atomic E-state index is 0.203. The van der Waals surface area contributed by atoms with E-state index in [1.165, 1.54) is 37.2 Å². The molecule has 2 aliphatic rings. The summed E-state index contributed by atoms with van der Waals surface area (Å²) in [6.07, 6.45) is 4.90. The number of ether oxygens (including phenoxy) is 1. The van der Waals surface area contributed by atoms with Gasteiger partial charge in [0.2, 0.25) is 0 Å². The van der Waals surface area contributed by atoms with Gasteiger partial charge in [-0.2, -0.15) is 11.8 Å². The van der Waals surface area contributed by atoms with Gasteiger partial charge in [-0.25, -0.2) is 0 Å². The van der Waals surface area contributed by atoms with Crippen LogP contribution in [0.5, 0.6) is 0 Å². The second-order valence-corrected chi connectivity index (χ2v) is 7.30. The molecule has 2 saturated heterocycles. The van der Waals surface area contributed by atoms with Gasteiger partial charge in [-0.15, -0.1) is 0 Å². The maximum absolute atomic E-state index is 6.15. The average Bonchev–Trinajstić information content (AvgIpc) is 2.39. The number of rotatable bonds is 4. The van der Waals surface area contributed by atoms with Crippen molar-refractivity contribution in [3.8, 4) is 0 Å². The van der Waals surface area contributed by atoms with Crippen molar-refractivity contribution < 1.29 is 4.74 Å². The molecule has 106 valence electrons. The molecule has 2 unspecified atom stereocenters.